The van der Waals surface area contributed by atoms with E-state index in [0.717, 1.165) is 30.8 Å². The lowest BCUT2D eigenvalue weighted by molar-refractivity contribution is 0.376. The Bertz CT molecular complexity index is 593. The molecular weight excluding hydrogens is 238 g/mol. The summed E-state index contributed by atoms with van der Waals surface area (Å²) in [5, 5.41) is 3.45. The number of hydrogen-bond acceptors (Lipinski definition) is 2. The van der Waals surface area contributed by atoms with Crippen molar-refractivity contribution in [3.05, 3.63) is 46.5 Å². The third-order valence-electron chi connectivity index (χ3n) is 3.81. The second-order valence-electron chi connectivity index (χ2n) is 5.23. The zero-order valence-electron chi connectivity index (χ0n) is 10.9. The van der Waals surface area contributed by atoms with Crippen molar-refractivity contribution in [2.75, 3.05) is 13.1 Å². The number of benzene rings is 1. The number of piperidine rings is 1. The quantitative estimate of drug-likeness (QED) is 0.786. The highest BCUT2D eigenvalue weighted by Crippen LogP contribution is 2.25. The molecule has 4 heteroatoms. The van der Waals surface area contributed by atoms with Gasteiger partial charge in [-0.15, -0.1) is 0 Å². The molecule has 0 amide bonds. The predicted molar refractivity (Wildman–Crippen MR) is 76.1 cm³/mol. The number of hydrogen-bond donors (Lipinski definition) is 3. The van der Waals surface area contributed by atoms with Gasteiger partial charge in [0.15, 0.2) is 0 Å². The number of rotatable bonds is 3. The minimum Gasteiger partial charge on any atom is -0.316 e. The van der Waals surface area contributed by atoms with Gasteiger partial charge >= 0.3 is 5.69 Å². The summed E-state index contributed by atoms with van der Waals surface area (Å²) in [5.74, 6) is 0.695. The minimum atomic E-state index is -0.149. The third kappa shape index (κ3) is 2.79. The summed E-state index contributed by atoms with van der Waals surface area (Å²) in [5.41, 5.74) is 3.17. The molecule has 1 aromatic heterocycles. The van der Waals surface area contributed by atoms with E-state index < -0.39 is 0 Å². The van der Waals surface area contributed by atoms with Crippen LogP contribution in [0.1, 0.15) is 18.4 Å². The molecule has 1 aromatic carbocycles. The second kappa shape index (κ2) is 5.45. The van der Waals surface area contributed by atoms with Crippen LogP contribution in [-0.4, -0.2) is 23.1 Å². The van der Waals surface area contributed by atoms with Crippen molar-refractivity contribution in [3.8, 4) is 11.3 Å². The monoisotopic (exact) mass is 257 g/mol. The number of nitrogens with one attached hydrogen (secondary N) is 3. The SMILES string of the molecule is O=c1[nH]cc(-c2ccccc2CC2CCCNC2)[nH]1. The van der Waals surface area contributed by atoms with Crippen molar-refractivity contribution >= 4 is 0 Å². The highest BCUT2D eigenvalue weighted by atomic mass is 16.1. The van der Waals surface area contributed by atoms with Crippen LogP contribution in [0.2, 0.25) is 0 Å². The van der Waals surface area contributed by atoms with Gasteiger partial charge in [0.1, 0.15) is 0 Å². The first-order valence-corrected chi connectivity index (χ1v) is 6.89. The standard InChI is InChI=1S/C15H19N3O/c19-15-17-10-14(18-15)13-6-2-1-5-12(13)8-11-4-3-7-16-9-11/h1-2,5-6,10-11,16H,3-4,7-9H2,(H2,17,18,19). The average Bonchev–Trinajstić information content (AvgIpc) is 2.87. The molecule has 0 bridgehead atoms. The average molecular weight is 257 g/mol. The van der Waals surface area contributed by atoms with Crippen LogP contribution in [0.15, 0.2) is 35.3 Å². The van der Waals surface area contributed by atoms with Crippen LogP contribution in [0.3, 0.4) is 0 Å². The summed E-state index contributed by atoms with van der Waals surface area (Å²) in [4.78, 5) is 16.8. The molecule has 0 aliphatic carbocycles. The van der Waals surface area contributed by atoms with Gasteiger partial charge in [-0.05, 0) is 43.8 Å². The summed E-state index contributed by atoms with van der Waals surface area (Å²) in [7, 11) is 0. The normalized spacial score (nSPS) is 19.5. The molecule has 1 aliphatic rings. The van der Waals surface area contributed by atoms with E-state index >= 15 is 0 Å². The summed E-state index contributed by atoms with van der Waals surface area (Å²) >= 11 is 0. The van der Waals surface area contributed by atoms with E-state index in [0.29, 0.717) is 5.92 Å². The summed E-state index contributed by atoms with van der Waals surface area (Å²) in [6.07, 6.45) is 5.36. The molecule has 1 aliphatic heterocycles. The fraction of sp³-hybridized carbons (Fsp3) is 0.400. The van der Waals surface area contributed by atoms with Crippen molar-refractivity contribution < 1.29 is 0 Å². The fourth-order valence-corrected chi connectivity index (χ4v) is 2.85. The minimum absolute atomic E-state index is 0.149. The van der Waals surface area contributed by atoms with E-state index in [-0.39, 0.29) is 5.69 Å². The van der Waals surface area contributed by atoms with Crippen LogP contribution < -0.4 is 11.0 Å². The molecule has 2 heterocycles. The van der Waals surface area contributed by atoms with Gasteiger partial charge in [-0.2, -0.15) is 0 Å². The number of aromatic nitrogens is 2. The van der Waals surface area contributed by atoms with E-state index in [2.05, 4.69) is 33.5 Å². The van der Waals surface area contributed by atoms with Gasteiger partial charge in [-0.3, -0.25) is 0 Å². The van der Waals surface area contributed by atoms with Crippen LogP contribution >= 0.6 is 0 Å². The van der Waals surface area contributed by atoms with Crippen molar-refractivity contribution in [1.29, 1.82) is 0 Å². The topological polar surface area (TPSA) is 60.7 Å². The molecule has 19 heavy (non-hydrogen) atoms. The van der Waals surface area contributed by atoms with Crippen LogP contribution in [0.5, 0.6) is 0 Å². The van der Waals surface area contributed by atoms with Crippen molar-refractivity contribution in [2.45, 2.75) is 19.3 Å². The van der Waals surface area contributed by atoms with Crippen LogP contribution in [0, 0.1) is 5.92 Å². The Morgan fingerprint density at radius 3 is 2.89 bits per heavy atom. The van der Waals surface area contributed by atoms with E-state index in [1.54, 1.807) is 6.20 Å². The maximum absolute atomic E-state index is 11.2. The maximum Gasteiger partial charge on any atom is 0.323 e. The highest BCUT2D eigenvalue weighted by Gasteiger charge is 2.16. The molecule has 1 unspecified atom stereocenters. The van der Waals surface area contributed by atoms with Gasteiger partial charge in [0.25, 0.3) is 0 Å². The predicted octanol–water partition coefficient (Wildman–Crippen LogP) is 1.91. The molecule has 3 N–H and O–H groups in total. The van der Waals surface area contributed by atoms with Gasteiger partial charge in [-0.25, -0.2) is 4.79 Å². The lowest BCUT2D eigenvalue weighted by Gasteiger charge is -2.23. The number of aromatic amines is 2. The zero-order valence-corrected chi connectivity index (χ0v) is 10.9. The van der Waals surface area contributed by atoms with E-state index in [1.165, 1.54) is 18.4 Å². The molecule has 0 radical (unpaired) electrons. The van der Waals surface area contributed by atoms with Crippen LogP contribution in [-0.2, 0) is 6.42 Å². The molecule has 4 nitrogen and oxygen atoms in total. The number of H-pyrrole nitrogens is 2. The fourth-order valence-electron chi connectivity index (χ4n) is 2.85. The molecule has 0 spiro atoms. The van der Waals surface area contributed by atoms with Crippen molar-refractivity contribution in [3.63, 3.8) is 0 Å². The van der Waals surface area contributed by atoms with Crippen molar-refractivity contribution in [2.24, 2.45) is 5.92 Å². The smallest absolute Gasteiger partial charge is 0.316 e. The third-order valence-corrected chi connectivity index (χ3v) is 3.81. The Kier molecular flexibility index (Phi) is 3.51. The molecule has 3 rings (SSSR count). The molecule has 1 atom stereocenters. The summed E-state index contributed by atoms with van der Waals surface area (Å²) < 4.78 is 0. The Balaban J connectivity index is 1.86. The van der Waals surface area contributed by atoms with Crippen LogP contribution in [0.25, 0.3) is 11.3 Å². The first-order valence-electron chi connectivity index (χ1n) is 6.89. The molecular formula is C15H19N3O. The summed E-state index contributed by atoms with van der Waals surface area (Å²) in [6, 6.07) is 8.32. The molecule has 1 fully saturated rings. The van der Waals surface area contributed by atoms with Crippen LogP contribution in [0.4, 0.5) is 0 Å². The van der Waals surface area contributed by atoms with Gasteiger partial charge in [-0.1, -0.05) is 24.3 Å². The molecule has 1 saturated heterocycles. The van der Waals surface area contributed by atoms with Gasteiger partial charge < -0.3 is 15.3 Å². The molecule has 100 valence electrons. The molecule has 0 saturated carbocycles. The Hall–Kier alpha value is -1.81. The number of imidazole rings is 1. The van der Waals surface area contributed by atoms with E-state index in [4.69, 9.17) is 0 Å². The van der Waals surface area contributed by atoms with E-state index in [9.17, 15) is 4.79 Å². The van der Waals surface area contributed by atoms with Crippen molar-refractivity contribution in [1.82, 2.24) is 15.3 Å². The molecule has 2 aromatic rings. The lowest BCUT2D eigenvalue weighted by atomic mass is 9.89. The summed E-state index contributed by atoms with van der Waals surface area (Å²) in [6.45, 7) is 2.24. The van der Waals surface area contributed by atoms with Gasteiger partial charge in [0.05, 0.1) is 5.69 Å². The Morgan fingerprint density at radius 2 is 2.16 bits per heavy atom. The largest absolute Gasteiger partial charge is 0.323 e. The van der Waals surface area contributed by atoms with E-state index in [1.807, 2.05) is 6.07 Å². The van der Waals surface area contributed by atoms with Gasteiger partial charge in [0.2, 0.25) is 0 Å². The maximum atomic E-state index is 11.2. The lowest BCUT2D eigenvalue weighted by Crippen LogP contribution is -2.30. The Labute approximate surface area is 112 Å². The second-order valence-corrected chi connectivity index (χ2v) is 5.23. The first kappa shape index (κ1) is 12.2. The highest BCUT2D eigenvalue weighted by molar-refractivity contribution is 5.62. The first-order chi connectivity index (χ1) is 9.33. The zero-order chi connectivity index (χ0) is 13.1. The van der Waals surface area contributed by atoms with Gasteiger partial charge in [0, 0.05) is 11.8 Å². The Morgan fingerprint density at radius 1 is 1.26 bits per heavy atom.